The molecule has 0 unspecified atom stereocenters. The molecule has 9 nitrogen and oxygen atoms in total. The van der Waals surface area contributed by atoms with E-state index in [0.29, 0.717) is 0 Å². The zero-order chi connectivity index (χ0) is 26.2. The van der Waals surface area contributed by atoms with Crippen LogP contribution in [0.15, 0.2) is 36.0 Å². The smallest absolute Gasteiger partial charge is 0.337 e. The fraction of sp³-hybridized carbons (Fsp3) is 0.577. The second-order valence-electron chi connectivity index (χ2n) is 9.79. The van der Waals surface area contributed by atoms with Crippen LogP contribution >= 0.6 is 0 Å². The molecule has 0 aromatic carbocycles. The number of fused-ring (bicyclic) bond motifs is 2. The van der Waals surface area contributed by atoms with E-state index in [2.05, 4.69) is 6.58 Å². The van der Waals surface area contributed by atoms with E-state index in [9.17, 15) is 24.0 Å². The van der Waals surface area contributed by atoms with E-state index in [0.717, 1.165) is 0 Å². The lowest BCUT2D eigenvalue weighted by atomic mass is 9.67. The first-order valence-corrected chi connectivity index (χ1v) is 11.7. The first kappa shape index (κ1) is 26.4. The lowest BCUT2D eigenvalue weighted by molar-refractivity contribution is -0.172. The third-order valence-corrected chi connectivity index (χ3v) is 7.26. The Morgan fingerprint density at radius 1 is 1.23 bits per heavy atom. The summed E-state index contributed by atoms with van der Waals surface area (Å²) in [4.78, 5) is 62.9. The Labute approximate surface area is 204 Å². The van der Waals surface area contributed by atoms with Crippen molar-refractivity contribution in [3.05, 3.63) is 36.0 Å². The number of rotatable bonds is 6. The first-order chi connectivity index (χ1) is 16.3. The Kier molecular flexibility index (Phi) is 7.38. The summed E-state index contributed by atoms with van der Waals surface area (Å²) in [5.74, 6) is -5.10. The molecular weight excluding hydrogens is 456 g/mol. The van der Waals surface area contributed by atoms with Gasteiger partial charge in [-0.15, -0.1) is 0 Å². The molecule has 1 saturated carbocycles. The van der Waals surface area contributed by atoms with Crippen molar-refractivity contribution in [2.24, 2.45) is 29.1 Å². The van der Waals surface area contributed by atoms with E-state index < -0.39 is 71.3 Å². The lowest BCUT2D eigenvalue weighted by Gasteiger charge is -2.39. The number of esters is 4. The van der Waals surface area contributed by atoms with Crippen LogP contribution in [0, 0.1) is 29.1 Å². The second-order valence-corrected chi connectivity index (χ2v) is 9.79. The maximum Gasteiger partial charge on any atom is 0.337 e. The number of ketones is 1. The van der Waals surface area contributed by atoms with Crippen molar-refractivity contribution in [1.29, 1.82) is 0 Å². The zero-order valence-electron chi connectivity index (χ0n) is 20.9. The summed E-state index contributed by atoms with van der Waals surface area (Å²) in [6.07, 6.45) is 1.59. The topological polar surface area (TPSA) is 122 Å². The minimum absolute atomic E-state index is 0.0363. The average molecular weight is 489 g/mol. The van der Waals surface area contributed by atoms with Gasteiger partial charge in [0.2, 0.25) is 0 Å². The molecule has 2 aliphatic carbocycles. The van der Waals surface area contributed by atoms with Gasteiger partial charge in [0.1, 0.15) is 24.9 Å². The summed E-state index contributed by atoms with van der Waals surface area (Å²) in [7, 11) is 0. The number of hydrogen-bond acceptors (Lipinski definition) is 9. The molecule has 9 heteroatoms. The van der Waals surface area contributed by atoms with Crippen LogP contribution in [0.4, 0.5) is 0 Å². The summed E-state index contributed by atoms with van der Waals surface area (Å²) in [5.41, 5.74) is -1.16. The maximum absolute atomic E-state index is 13.3. The van der Waals surface area contributed by atoms with Crippen LogP contribution in [-0.4, -0.2) is 54.6 Å². The van der Waals surface area contributed by atoms with Gasteiger partial charge < -0.3 is 18.9 Å². The van der Waals surface area contributed by atoms with Crippen molar-refractivity contribution in [3.63, 3.8) is 0 Å². The Morgan fingerprint density at radius 3 is 2.46 bits per heavy atom. The van der Waals surface area contributed by atoms with Gasteiger partial charge in [0, 0.05) is 18.4 Å². The number of ether oxygens (including phenoxy) is 4. The number of carbonyl (C=O) groups is 5. The number of hydrogen-bond donors (Lipinski definition) is 0. The Hall–Kier alpha value is -3.23. The molecule has 0 bridgehead atoms. The van der Waals surface area contributed by atoms with Crippen molar-refractivity contribution < 1.29 is 42.9 Å². The molecule has 1 saturated heterocycles. The number of allylic oxidation sites excluding steroid dienone is 3. The third kappa shape index (κ3) is 4.56. The largest absolute Gasteiger partial charge is 0.461 e. The van der Waals surface area contributed by atoms with Crippen LogP contribution in [0.5, 0.6) is 0 Å². The monoisotopic (exact) mass is 488 g/mol. The molecule has 1 heterocycles. The van der Waals surface area contributed by atoms with Crippen LogP contribution in [0.3, 0.4) is 0 Å². The summed E-state index contributed by atoms with van der Waals surface area (Å²) in [5, 5.41) is 0. The predicted octanol–water partition coefficient (Wildman–Crippen LogP) is 2.48. The van der Waals surface area contributed by atoms with E-state index >= 15 is 0 Å². The predicted molar refractivity (Wildman–Crippen MR) is 122 cm³/mol. The highest BCUT2D eigenvalue weighted by atomic mass is 16.6. The van der Waals surface area contributed by atoms with E-state index in [4.69, 9.17) is 18.9 Å². The lowest BCUT2D eigenvalue weighted by Crippen LogP contribution is -2.49. The van der Waals surface area contributed by atoms with Crippen LogP contribution in [0.1, 0.15) is 41.5 Å². The standard InChI is InChI=1S/C26H32O9/c1-8-16(11-32-15(6)27)25(31)35-22-19-14(5)24(30)34-21(19)20(33-23(29)12(2)3)13(4)17-9-10-18(28)26(17,22)7/h8-10,12-13,17,19-22H,5,11H2,1-4,6-7H3/b16-8-/t13-,17-,19+,20+,21-,22-,26-/m0/s1. The molecule has 0 aromatic heterocycles. The Balaban J connectivity index is 2.08. The summed E-state index contributed by atoms with van der Waals surface area (Å²) >= 11 is 0. The van der Waals surface area contributed by atoms with Crippen molar-refractivity contribution in [2.45, 2.75) is 59.9 Å². The van der Waals surface area contributed by atoms with Gasteiger partial charge in [-0.05, 0) is 25.8 Å². The molecule has 2 fully saturated rings. The Morgan fingerprint density at radius 2 is 1.89 bits per heavy atom. The Bertz CT molecular complexity index is 1020. The van der Waals surface area contributed by atoms with Crippen molar-refractivity contribution in [1.82, 2.24) is 0 Å². The highest BCUT2D eigenvalue weighted by Gasteiger charge is 2.65. The molecule has 3 aliphatic rings. The van der Waals surface area contributed by atoms with Crippen LogP contribution in [0.25, 0.3) is 0 Å². The maximum atomic E-state index is 13.3. The quantitative estimate of drug-likeness (QED) is 0.315. The molecule has 0 N–H and O–H groups in total. The minimum Gasteiger partial charge on any atom is -0.461 e. The van der Waals surface area contributed by atoms with E-state index in [1.54, 1.807) is 33.8 Å². The van der Waals surface area contributed by atoms with Gasteiger partial charge in [-0.1, -0.05) is 39.5 Å². The van der Waals surface area contributed by atoms with E-state index in [1.807, 2.05) is 6.92 Å². The molecule has 0 aromatic rings. The summed E-state index contributed by atoms with van der Waals surface area (Å²) in [6, 6.07) is 0. The van der Waals surface area contributed by atoms with E-state index in [1.165, 1.54) is 19.1 Å². The molecular formula is C26H32O9. The molecule has 0 spiro atoms. The van der Waals surface area contributed by atoms with Crippen molar-refractivity contribution in [3.8, 4) is 0 Å². The van der Waals surface area contributed by atoms with Crippen LogP contribution in [-0.2, 0) is 42.9 Å². The van der Waals surface area contributed by atoms with E-state index in [-0.39, 0.29) is 23.5 Å². The minimum atomic E-state index is -1.27. The van der Waals surface area contributed by atoms with Crippen LogP contribution < -0.4 is 0 Å². The summed E-state index contributed by atoms with van der Waals surface area (Å²) < 4.78 is 22.3. The van der Waals surface area contributed by atoms with Gasteiger partial charge in [-0.3, -0.25) is 14.4 Å². The number of carbonyl (C=O) groups excluding carboxylic acids is 5. The van der Waals surface area contributed by atoms with Gasteiger partial charge in [0.15, 0.2) is 5.78 Å². The molecule has 35 heavy (non-hydrogen) atoms. The summed E-state index contributed by atoms with van der Waals surface area (Å²) in [6.45, 7) is 13.2. The van der Waals surface area contributed by atoms with Gasteiger partial charge in [0.25, 0.3) is 0 Å². The van der Waals surface area contributed by atoms with Crippen molar-refractivity contribution in [2.75, 3.05) is 6.61 Å². The van der Waals surface area contributed by atoms with Crippen molar-refractivity contribution >= 4 is 29.7 Å². The molecule has 0 amide bonds. The highest BCUT2D eigenvalue weighted by Crippen LogP contribution is 2.55. The molecule has 0 radical (unpaired) electrons. The SMILES string of the molecule is C=C1C(=O)O[C@@H]2[C@H](OC(=O)C(C)C)[C@@H](C)[C@@H]3C=CC(=O)[C@@]3(C)[C@@H](OC(=O)/C(=C\C)COC(C)=O)[C@H]12. The molecule has 3 rings (SSSR count). The van der Waals surface area contributed by atoms with Gasteiger partial charge in [-0.25, -0.2) is 9.59 Å². The van der Waals surface area contributed by atoms with Crippen LogP contribution in [0.2, 0.25) is 0 Å². The second kappa shape index (κ2) is 9.79. The van der Waals surface area contributed by atoms with Gasteiger partial charge >= 0.3 is 23.9 Å². The zero-order valence-corrected chi connectivity index (χ0v) is 20.9. The first-order valence-electron chi connectivity index (χ1n) is 11.7. The highest BCUT2D eigenvalue weighted by molar-refractivity contribution is 6.00. The molecule has 190 valence electrons. The fourth-order valence-electron chi connectivity index (χ4n) is 5.17. The normalized spacial score (nSPS) is 34.1. The average Bonchev–Trinajstić information content (AvgIpc) is 3.23. The molecule has 1 aliphatic heterocycles. The third-order valence-electron chi connectivity index (χ3n) is 7.26. The fourth-order valence-corrected chi connectivity index (χ4v) is 5.17. The molecule has 7 atom stereocenters. The van der Waals surface area contributed by atoms with Gasteiger partial charge in [0.05, 0.1) is 22.8 Å². The van der Waals surface area contributed by atoms with Gasteiger partial charge in [-0.2, -0.15) is 0 Å².